The monoisotopic (exact) mass is 339 g/mol. The van der Waals surface area contributed by atoms with Crippen LogP contribution in [-0.2, 0) is 4.74 Å². The normalized spacial score (nSPS) is 25.2. The second-order valence-corrected chi connectivity index (χ2v) is 5.29. The van der Waals surface area contributed by atoms with Gasteiger partial charge >= 0.3 is 0 Å². The van der Waals surface area contributed by atoms with Crippen molar-refractivity contribution in [1.82, 2.24) is 14.5 Å². The van der Waals surface area contributed by atoms with Crippen molar-refractivity contribution in [2.75, 3.05) is 5.73 Å². The van der Waals surface area contributed by atoms with E-state index in [0.29, 0.717) is 0 Å². The smallest absolute Gasteiger partial charge is 0.268 e. The van der Waals surface area contributed by atoms with Crippen LogP contribution in [0, 0.1) is 11.3 Å². The number of hydrogen-bond acceptors (Lipinski definition) is 11. The molecule has 0 radical (unpaired) electrons. The van der Waals surface area contributed by atoms with Gasteiger partial charge in [0.05, 0.1) is 10.9 Å². The number of ether oxygens (including phenoxy) is 1. The maximum Gasteiger partial charge on any atom is 0.268 e. The molecular weight excluding hydrogens is 326 g/mol. The van der Waals surface area contributed by atoms with Crippen LogP contribution in [0.4, 0.5) is 5.82 Å². The van der Waals surface area contributed by atoms with E-state index in [1.165, 1.54) is 0 Å². The number of anilines is 1. The molecule has 12 heteroatoms. The zero-order chi connectivity index (χ0) is 17.9. The van der Waals surface area contributed by atoms with E-state index in [4.69, 9.17) is 10.5 Å². The number of aromatic nitrogens is 3. The van der Waals surface area contributed by atoms with E-state index in [9.17, 15) is 35.9 Å². The van der Waals surface area contributed by atoms with Crippen LogP contribution >= 0.6 is 0 Å². The van der Waals surface area contributed by atoms with Gasteiger partial charge in [0.25, 0.3) is 11.6 Å². The molecular formula is C12H13N5O7. The van der Waals surface area contributed by atoms with Crippen molar-refractivity contribution in [3.05, 3.63) is 18.1 Å². The highest BCUT2D eigenvalue weighted by molar-refractivity contribution is 5.92. The standard InChI is InChI=1S/C12H13N5O7/c13-1-4-2-17(8-5(4)7(14)15-3-16-8)10-12(22,23)11(20,21)6(24-10)9(18)19/h2-3,6,9-10,18-23H,(H2,14,15,16)/t6-,10+/m0/s1. The number of nitrogen functional groups attached to an aromatic ring is 1. The number of hydrogen-bond donors (Lipinski definition) is 7. The molecule has 3 rings (SSSR count). The number of aliphatic hydroxyl groups is 6. The first-order valence-corrected chi connectivity index (χ1v) is 6.55. The van der Waals surface area contributed by atoms with Crippen LogP contribution in [0.1, 0.15) is 11.8 Å². The molecule has 128 valence electrons. The molecule has 0 aliphatic carbocycles. The summed E-state index contributed by atoms with van der Waals surface area (Å²) in [7, 11) is 0. The number of nitriles is 1. The molecule has 1 fully saturated rings. The van der Waals surface area contributed by atoms with E-state index < -0.39 is 30.2 Å². The lowest BCUT2D eigenvalue weighted by Crippen LogP contribution is -2.60. The Hall–Kier alpha value is -2.37. The predicted octanol–water partition coefficient (Wildman–Crippen LogP) is -3.54. The number of nitrogens with two attached hydrogens (primary N) is 1. The van der Waals surface area contributed by atoms with E-state index >= 15 is 0 Å². The van der Waals surface area contributed by atoms with Crippen LogP contribution in [0.25, 0.3) is 11.0 Å². The largest absolute Gasteiger partial charge is 0.383 e. The second kappa shape index (κ2) is 5.06. The summed E-state index contributed by atoms with van der Waals surface area (Å²) in [4.78, 5) is 7.59. The first kappa shape index (κ1) is 16.5. The Morgan fingerprint density at radius 1 is 1.25 bits per heavy atom. The topological polar surface area (TPSA) is 211 Å². The van der Waals surface area contributed by atoms with Gasteiger partial charge in [-0.1, -0.05) is 0 Å². The molecule has 2 atom stereocenters. The molecule has 1 saturated heterocycles. The van der Waals surface area contributed by atoms with Gasteiger partial charge in [-0.3, -0.25) is 4.57 Å². The molecule has 2 aromatic heterocycles. The van der Waals surface area contributed by atoms with Crippen molar-refractivity contribution in [1.29, 1.82) is 5.26 Å². The first-order chi connectivity index (χ1) is 11.1. The summed E-state index contributed by atoms with van der Waals surface area (Å²) in [6.45, 7) is 0. The van der Waals surface area contributed by atoms with Crippen LogP contribution < -0.4 is 5.73 Å². The quantitative estimate of drug-likeness (QED) is 0.266. The van der Waals surface area contributed by atoms with E-state index in [1.54, 1.807) is 0 Å². The lowest BCUT2D eigenvalue weighted by atomic mass is 10.0. The summed E-state index contributed by atoms with van der Waals surface area (Å²) in [6.07, 6.45) is -4.40. The lowest BCUT2D eigenvalue weighted by molar-refractivity contribution is -0.363. The highest BCUT2D eigenvalue weighted by atomic mass is 16.7. The van der Waals surface area contributed by atoms with Gasteiger partial charge in [-0.25, -0.2) is 9.97 Å². The molecule has 0 spiro atoms. The van der Waals surface area contributed by atoms with Crippen LogP contribution in [0.2, 0.25) is 0 Å². The Balaban J connectivity index is 2.22. The number of rotatable bonds is 2. The van der Waals surface area contributed by atoms with Crippen LogP contribution in [0.15, 0.2) is 12.5 Å². The maximum atomic E-state index is 10.1. The number of nitrogens with zero attached hydrogens (tertiary/aromatic N) is 4. The minimum atomic E-state index is -3.42. The van der Waals surface area contributed by atoms with Crippen molar-refractivity contribution < 1.29 is 35.4 Å². The predicted molar refractivity (Wildman–Crippen MR) is 73.1 cm³/mol. The van der Waals surface area contributed by atoms with Crippen LogP contribution in [-0.4, -0.2) is 69.1 Å². The first-order valence-electron chi connectivity index (χ1n) is 6.55. The SMILES string of the molecule is N#Cc1cn([C@@H]2O[C@@H](C(O)O)C(O)(O)C2(O)O)c2ncnc(N)c12. The minimum Gasteiger partial charge on any atom is -0.383 e. The fourth-order valence-electron chi connectivity index (χ4n) is 2.63. The van der Waals surface area contributed by atoms with Crippen LogP contribution in [0.5, 0.6) is 0 Å². The zero-order valence-corrected chi connectivity index (χ0v) is 11.8. The molecule has 0 aromatic carbocycles. The Kier molecular flexibility index (Phi) is 3.48. The van der Waals surface area contributed by atoms with Crippen molar-refractivity contribution in [2.24, 2.45) is 0 Å². The molecule has 1 aliphatic rings. The molecule has 8 N–H and O–H groups in total. The Morgan fingerprint density at radius 2 is 1.92 bits per heavy atom. The van der Waals surface area contributed by atoms with Gasteiger partial charge in [-0.15, -0.1) is 0 Å². The van der Waals surface area contributed by atoms with Gasteiger partial charge in [-0.2, -0.15) is 5.26 Å². The fraction of sp³-hybridized carbons (Fsp3) is 0.417. The van der Waals surface area contributed by atoms with Crippen molar-refractivity contribution >= 4 is 16.9 Å². The minimum absolute atomic E-state index is 0.0306. The van der Waals surface area contributed by atoms with Crippen LogP contribution in [0.3, 0.4) is 0 Å². The maximum absolute atomic E-state index is 10.1. The van der Waals surface area contributed by atoms with Gasteiger partial charge in [-0.05, 0) is 0 Å². The third-order valence-corrected chi connectivity index (χ3v) is 3.84. The molecule has 0 saturated carbocycles. The summed E-state index contributed by atoms with van der Waals surface area (Å²) in [5.41, 5.74) is 5.60. The van der Waals surface area contributed by atoms with E-state index in [-0.39, 0.29) is 22.4 Å². The average Bonchev–Trinajstić information content (AvgIpc) is 2.94. The Labute approximate surface area is 133 Å². The molecule has 3 heterocycles. The average molecular weight is 339 g/mol. The molecule has 0 unspecified atom stereocenters. The molecule has 2 aromatic rings. The fourth-order valence-corrected chi connectivity index (χ4v) is 2.63. The summed E-state index contributed by atoms with van der Waals surface area (Å²) >= 11 is 0. The third kappa shape index (κ3) is 1.98. The Morgan fingerprint density at radius 3 is 2.46 bits per heavy atom. The van der Waals surface area contributed by atoms with Gasteiger partial charge in [0, 0.05) is 6.20 Å². The summed E-state index contributed by atoms with van der Waals surface area (Å²) < 4.78 is 5.91. The second-order valence-electron chi connectivity index (χ2n) is 5.29. The van der Waals surface area contributed by atoms with E-state index in [2.05, 4.69) is 9.97 Å². The molecule has 12 nitrogen and oxygen atoms in total. The number of fused-ring (bicyclic) bond motifs is 1. The summed E-state index contributed by atoms with van der Waals surface area (Å²) in [5.74, 6) is -6.85. The van der Waals surface area contributed by atoms with Crippen molar-refractivity contribution in [3.63, 3.8) is 0 Å². The number of aliphatic hydroxyl groups excluding tert-OH is 1. The highest BCUT2D eigenvalue weighted by Crippen LogP contribution is 2.45. The molecule has 24 heavy (non-hydrogen) atoms. The van der Waals surface area contributed by atoms with Crippen molar-refractivity contribution in [3.8, 4) is 6.07 Å². The molecule has 0 amide bonds. The zero-order valence-electron chi connectivity index (χ0n) is 11.8. The highest BCUT2D eigenvalue weighted by Gasteiger charge is 2.68. The summed E-state index contributed by atoms with van der Waals surface area (Å²) in [6, 6.07) is 1.81. The Bertz CT molecular complexity index is 840. The van der Waals surface area contributed by atoms with E-state index in [1.807, 2.05) is 6.07 Å². The lowest BCUT2D eigenvalue weighted by Gasteiger charge is -2.32. The third-order valence-electron chi connectivity index (χ3n) is 3.84. The van der Waals surface area contributed by atoms with Gasteiger partial charge < -0.3 is 41.1 Å². The van der Waals surface area contributed by atoms with E-state index in [0.717, 1.165) is 17.1 Å². The van der Waals surface area contributed by atoms with Gasteiger partial charge in [0.2, 0.25) is 0 Å². The van der Waals surface area contributed by atoms with Gasteiger partial charge in [0.15, 0.2) is 18.6 Å². The molecule has 0 bridgehead atoms. The molecule has 1 aliphatic heterocycles. The van der Waals surface area contributed by atoms with Crippen molar-refractivity contribution in [2.45, 2.75) is 30.2 Å². The summed E-state index contributed by atoms with van der Waals surface area (Å²) in [5, 5.41) is 67.5. The van der Waals surface area contributed by atoms with Gasteiger partial charge in [0.1, 0.15) is 23.9 Å².